The summed E-state index contributed by atoms with van der Waals surface area (Å²) in [5.41, 5.74) is 5.39. The quantitative estimate of drug-likeness (QED) is 0.468. The summed E-state index contributed by atoms with van der Waals surface area (Å²) in [5, 5.41) is 4.17. The molecule has 0 bridgehead atoms. The number of aromatic nitrogens is 1. The Morgan fingerprint density at radius 1 is 0.867 bits per heavy atom. The highest BCUT2D eigenvalue weighted by atomic mass is 19.1. The Kier molecular flexibility index (Phi) is 4.64. The van der Waals surface area contributed by atoms with Crippen LogP contribution in [-0.2, 0) is 13.0 Å². The molecule has 0 fully saturated rings. The monoisotopic (exact) mass is 398 g/mol. The molecule has 5 rings (SSSR count). The maximum absolute atomic E-state index is 13.2. The number of carbonyl (C=O) groups is 1. The number of fused-ring (bicyclic) bond motifs is 1. The Bertz CT molecular complexity index is 1180. The van der Waals surface area contributed by atoms with E-state index in [1.807, 2.05) is 54.6 Å². The molecule has 0 N–H and O–H groups in total. The lowest BCUT2D eigenvalue weighted by atomic mass is 9.99. The average molecular weight is 398 g/mol. The van der Waals surface area contributed by atoms with Crippen LogP contribution in [0.1, 0.15) is 21.6 Å². The Hall–Kier alpha value is -3.73. The zero-order valence-electron chi connectivity index (χ0n) is 16.2. The lowest BCUT2D eigenvalue weighted by Crippen LogP contribution is -2.35. The highest BCUT2D eigenvalue weighted by Crippen LogP contribution is 2.31. The summed E-state index contributed by atoms with van der Waals surface area (Å²) < 4.78 is 18.7. The second-order valence-electron chi connectivity index (χ2n) is 7.36. The van der Waals surface area contributed by atoms with E-state index in [1.54, 1.807) is 17.0 Å². The third-order valence-corrected chi connectivity index (χ3v) is 5.47. The van der Waals surface area contributed by atoms with Gasteiger partial charge < -0.3 is 9.42 Å². The van der Waals surface area contributed by atoms with Crippen LogP contribution in [-0.4, -0.2) is 22.5 Å². The largest absolute Gasteiger partial charge is 0.356 e. The molecule has 30 heavy (non-hydrogen) atoms. The minimum Gasteiger partial charge on any atom is -0.356 e. The molecule has 0 unspecified atom stereocenters. The number of hydrogen-bond donors (Lipinski definition) is 0. The standard InChI is InChI=1S/C25H19FN2O2/c26-21-12-10-19(11-13-21)24-22-14-15-28(16-23(22)27-30-24)25(29)20-8-6-18(7-9-20)17-4-2-1-3-5-17/h1-13H,14-16H2. The Morgan fingerprint density at radius 2 is 1.53 bits per heavy atom. The van der Waals surface area contributed by atoms with Gasteiger partial charge in [-0.25, -0.2) is 4.39 Å². The van der Waals surface area contributed by atoms with Crippen LogP contribution < -0.4 is 0 Å². The van der Waals surface area contributed by atoms with Crippen molar-refractivity contribution < 1.29 is 13.7 Å². The van der Waals surface area contributed by atoms with E-state index in [4.69, 9.17) is 4.52 Å². The molecule has 148 valence electrons. The van der Waals surface area contributed by atoms with Crippen LogP contribution in [0.4, 0.5) is 4.39 Å². The smallest absolute Gasteiger partial charge is 0.254 e. The number of benzene rings is 3. The Balaban J connectivity index is 1.34. The van der Waals surface area contributed by atoms with Gasteiger partial charge in [0.2, 0.25) is 0 Å². The fourth-order valence-electron chi connectivity index (χ4n) is 3.85. The van der Waals surface area contributed by atoms with Crippen molar-refractivity contribution in [3.8, 4) is 22.5 Å². The fraction of sp³-hybridized carbons (Fsp3) is 0.120. The molecule has 5 heteroatoms. The molecule has 0 spiro atoms. The third-order valence-electron chi connectivity index (χ3n) is 5.47. The van der Waals surface area contributed by atoms with E-state index >= 15 is 0 Å². The first kappa shape index (κ1) is 18.3. The fourth-order valence-corrected chi connectivity index (χ4v) is 3.85. The zero-order valence-corrected chi connectivity index (χ0v) is 16.2. The second-order valence-corrected chi connectivity index (χ2v) is 7.36. The number of halogens is 1. The van der Waals surface area contributed by atoms with E-state index in [0.717, 1.165) is 27.9 Å². The van der Waals surface area contributed by atoms with Crippen molar-refractivity contribution >= 4 is 5.91 Å². The Morgan fingerprint density at radius 3 is 2.27 bits per heavy atom. The maximum atomic E-state index is 13.2. The van der Waals surface area contributed by atoms with Crippen LogP contribution in [0.3, 0.4) is 0 Å². The van der Waals surface area contributed by atoms with E-state index in [2.05, 4.69) is 5.16 Å². The molecule has 0 radical (unpaired) electrons. The summed E-state index contributed by atoms with van der Waals surface area (Å²) in [6.45, 7) is 0.987. The molecule has 1 aliphatic rings. The van der Waals surface area contributed by atoms with Gasteiger partial charge in [-0.15, -0.1) is 0 Å². The normalized spacial score (nSPS) is 13.2. The summed E-state index contributed by atoms with van der Waals surface area (Å²) in [6.07, 6.45) is 0.652. The third kappa shape index (κ3) is 3.39. The van der Waals surface area contributed by atoms with Gasteiger partial charge in [0, 0.05) is 23.2 Å². The van der Waals surface area contributed by atoms with Gasteiger partial charge in [-0.1, -0.05) is 47.6 Å². The van der Waals surface area contributed by atoms with Gasteiger partial charge in [-0.3, -0.25) is 4.79 Å². The summed E-state index contributed by atoms with van der Waals surface area (Å²) >= 11 is 0. The minimum atomic E-state index is -0.290. The van der Waals surface area contributed by atoms with Crippen molar-refractivity contribution in [2.24, 2.45) is 0 Å². The molecule has 1 aliphatic heterocycles. The summed E-state index contributed by atoms with van der Waals surface area (Å²) in [5.74, 6) is 0.345. The van der Waals surface area contributed by atoms with E-state index in [-0.39, 0.29) is 11.7 Å². The van der Waals surface area contributed by atoms with Crippen molar-refractivity contribution in [3.05, 3.63) is 102 Å². The summed E-state index contributed by atoms with van der Waals surface area (Å²) in [7, 11) is 0. The molecule has 0 saturated carbocycles. The highest BCUT2D eigenvalue weighted by molar-refractivity contribution is 5.95. The number of nitrogens with zero attached hydrogens (tertiary/aromatic N) is 2. The van der Waals surface area contributed by atoms with Gasteiger partial charge in [-0.05, 0) is 53.9 Å². The second kappa shape index (κ2) is 7.59. The lowest BCUT2D eigenvalue weighted by molar-refractivity contribution is 0.0731. The molecule has 4 nitrogen and oxygen atoms in total. The summed E-state index contributed by atoms with van der Waals surface area (Å²) in [4.78, 5) is 14.8. The van der Waals surface area contributed by atoms with Crippen molar-refractivity contribution in [2.45, 2.75) is 13.0 Å². The van der Waals surface area contributed by atoms with Crippen LogP contribution in [0.15, 0.2) is 83.4 Å². The molecular formula is C25H19FN2O2. The van der Waals surface area contributed by atoms with Gasteiger partial charge >= 0.3 is 0 Å². The predicted octanol–water partition coefficient (Wildman–Crippen LogP) is 5.35. The average Bonchev–Trinajstić information content (AvgIpc) is 3.23. The molecular weight excluding hydrogens is 379 g/mol. The molecule has 0 aliphatic carbocycles. The van der Waals surface area contributed by atoms with Crippen LogP contribution >= 0.6 is 0 Å². The van der Waals surface area contributed by atoms with Crippen LogP contribution in [0.5, 0.6) is 0 Å². The van der Waals surface area contributed by atoms with E-state index in [0.29, 0.717) is 30.8 Å². The van der Waals surface area contributed by atoms with Crippen molar-refractivity contribution in [1.82, 2.24) is 10.1 Å². The van der Waals surface area contributed by atoms with Crippen molar-refractivity contribution in [1.29, 1.82) is 0 Å². The first-order valence-electron chi connectivity index (χ1n) is 9.87. The molecule has 1 amide bonds. The molecule has 0 saturated heterocycles. The van der Waals surface area contributed by atoms with E-state index in [1.165, 1.54) is 12.1 Å². The van der Waals surface area contributed by atoms with Gasteiger partial charge in [0.05, 0.1) is 6.54 Å². The molecule has 0 atom stereocenters. The number of amides is 1. The van der Waals surface area contributed by atoms with Crippen LogP contribution in [0.25, 0.3) is 22.5 Å². The predicted molar refractivity (Wildman–Crippen MR) is 112 cm³/mol. The SMILES string of the molecule is O=C(c1ccc(-c2ccccc2)cc1)N1CCc2c(noc2-c2ccc(F)cc2)C1. The highest BCUT2D eigenvalue weighted by Gasteiger charge is 2.27. The topological polar surface area (TPSA) is 46.3 Å². The van der Waals surface area contributed by atoms with E-state index < -0.39 is 0 Å². The number of hydrogen-bond acceptors (Lipinski definition) is 3. The number of rotatable bonds is 3. The zero-order chi connectivity index (χ0) is 20.5. The van der Waals surface area contributed by atoms with Crippen molar-refractivity contribution in [2.75, 3.05) is 6.54 Å². The lowest BCUT2D eigenvalue weighted by Gasteiger charge is -2.26. The first-order valence-corrected chi connectivity index (χ1v) is 9.87. The van der Waals surface area contributed by atoms with Gasteiger partial charge in [0.25, 0.3) is 5.91 Å². The molecule has 4 aromatic rings. The maximum Gasteiger partial charge on any atom is 0.254 e. The van der Waals surface area contributed by atoms with Crippen molar-refractivity contribution in [3.63, 3.8) is 0 Å². The molecule has 2 heterocycles. The summed E-state index contributed by atoms with van der Waals surface area (Å²) in [6, 6.07) is 23.9. The number of carbonyl (C=O) groups excluding carboxylic acids is 1. The molecule has 1 aromatic heterocycles. The van der Waals surface area contributed by atoms with Gasteiger partial charge in [-0.2, -0.15) is 0 Å². The van der Waals surface area contributed by atoms with Gasteiger partial charge in [0.15, 0.2) is 5.76 Å². The van der Waals surface area contributed by atoms with Crippen LogP contribution in [0.2, 0.25) is 0 Å². The molecule has 3 aromatic carbocycles. The minimum absolute atomic E-state index is 0.0217. The van der Waals surface area contributed by atoms with Gasteiger partial charge in [0.1, 0.15) is 11.5 Å². The Labute approximate surface area is 173 Å². The van der Waals surface area contributed by atoms with E-state index in [9.17, 15) is 9.18 Å². The first-order chi connectivity index (χ1) is 14.7. The van der Waals surface area contributed by atoms with Crippen LogP contribution in [0, 0.1) is 5.82 Å².